The first-order valence-corrected chi connectivity index (χ1v) is 5.50. The molecular formula is C14H22O. The van der Waals surface area contributed by atoms with Crippen molar-refractivity contribution in [2.45, 2.75) is 46.5 Å². The van der Waals surface area contributed by atoms with Crippen LogP contribution >= 0.6 is 0 Å². The highest BCUT2D eigenvalue weighted by atomic mass is 16.3. The van der Waals surface area contributed by atoms with E-state index in [4.69, 9.17) is 0 Å². The normalized spacial score (nSPS) is 12.9. The van der Waals surface area contributed by atoms with Crippen LogP contribution in [0.3, 0.4) is 0 Å². The summed E-state index contributed by atoms with van der Waals surface area (Å²) in [6, 6.07) is 7.56. The van der Waals surface area contributed by atoms with Crippen LogP contribution in [-0.4, -0.2) is 5.11 Å². The van der Waals surface area contributed by atoms with Crippen LogP contribution in [0.25, 0.3) is 0 Å². The molecule has 0 aliphatic carbocycles. The van der Waals surface area contributed by atoms with E-state index in [-0.39, 0.29) is 5.41 Å². The van der Waals surface area contributed by atoms with Crippen molar-refractivity contribution in [2.75, 3.05) is 0 Å². The van der Waals surface area contributed by atoms with Crippen LogP contribution in [0.5, 0.6) is 5.75 Å². The molecule has 0 fully saturated rings. The average Bonchev–Trinajstić information content (AvgIpc) is 2.00. The summed E-state index contributed by atoms with van der Waals surface area (Å²) < 4.78 is 0. The number of phenolic OH excluding ortho intramolecular Hbond substituents is 1. The van der Waals surface area contributed by atoms with E-state index in [2.05, 4.69) is 34.6 Å². The largest absolute Gasteiger partial charge is 0.508 e. The number of aromatic hydroxyl groups is 1. The monoisotopic (exact) mass is 212 g/mol. The Morgan fingerprint density at radius 3 is 1.80 bits per heavy atom. The lowest BCUT2D eigenvalue weighted by Gasteiger charge is -2.33. The lowest BCUT2D eigenvalue weighted by atomic mass is 9.80. The van der Waals surface area contributed by atoms with E-state index < -0.39 is 0 Å². The second kappa shape index (κ2) is 3.88. The van der Waals surface area contributed by atoms with Crippen LogP contribution in [-0.2, 0) is 5.41 Å². The van der Waals surface area contributed by atoms with Crippen molar-refractivity contribution in [2.24, 2.45) is 5.41 Å². The molecule has 0 bridgehead atoms. The predicted molar refractivity (Wildman–Crippen MR) is 65.2 cm³/mol. The minimum atomic E-state index is 0.159. The number of hydrogen-bond donors (Lipinski definition) is 1. The first-order valence-electron chi connectivity index (χ1n) is 5.50. The van der Waals surface area contributed by atoms with Gasteiger partial charge in [0.1, 0.15) is 5.75 Å². The fourth-order valence-electron chi connectivity index (χ4n) is 2.34. The molecule has 0 spiro atoms. The second-order valence-corrected chi connectivity index (χ2v) is 6.17. The molecule has 0 heterocycles. The predicted octanol–water partition coefficient (Wildman–Crippen LogP) is 4.11. The Labute approximate surface area is 93.1 Å². The van der Waals surface area contributed by atoms with Gasteiger partial charge in [0.2, 0.25) is 0 Å². The molecule has 1 aromatic carbocycles. The second-order valence-electron chi connectivity index (χ2n) is 6.17. The summed E-state index contributed by atoms with van der Waals surface area (Å²) in [7, 11) is 0. The summed E-state index contributed by atoms with van der Waals surface area (Å²) in [4.78, 5) is 0. The molecule has 1 N–H and O–H groups in total. The van der Waals surface area contributed by atoms with Gasteiger partial charge in [0.25, 0.3) is 0 Å². The van der Waals surface area contributed by atoms with E-state index in [1.807, 2.05) is 12.1 Å². The summed E-state index contributed by atoms with van der Waals surface area (Å²) in [5.41, 5.74) is 1.77. The average molecular weight is 212 g/mol. The van der Waals surface area contributed by atoms with Crippen LogP contribution in [0.2, 0.25) is 0 Å². The van der Waals surface area contributed by atoms with E-state index in [9.17, 15) is 5.11 Å². The summed E-state index contributed by atoms with van der Waals surface area (Å²) in [6.07, 6.45) is 1.13. The SMILES string of the molecule is CC(C)(C)CC(C)(C)[13c]1[13cH][13cH][13c](O)[13cH][13cH]1. The van der Waals surface area contributed by atoms with E-state index in [0.717, 1.165) is 6.42 Å². The van der Waals surface area contributed by atoms with E-state index in [1.54, 1.807) is 12.1 Å². The third-order valence-corrected chi connectivity index (χ3v) is 2.62. The fourth-order valence-corrected chi connectivity index (χ4v) is 2.34. The first kappa shape index (κ1) is 12.1. The Morgan fingerprint density at radius 1 is 0.933 bits per heavy atom. The standard InChI is InChI=1S/C14H22O/c1-13(2,3)10-14(4,5)11-6-8-12(15)9-7-11/h6-9,15H,10H2,1-5H3/i6+1,7+1,8+1,9+1,11+1,12+1. The van der Waals surface area contributed by atoms with Crippen LogP contribution in [0.15, 0.2) is 24.3 Å². The minimum Gasteiger partial charge on any atom is -0.508 e. The van der Waals surface area contributed by atoms with Crippen molar-refractivity contribution in [3.63, 3.8) is 0 Å². The number of hydrogen-bond acceptors (Lipinski definition) is 1. The summed E-state index contributed by atoms with van der Waals surface area (Å²) in [5, 5.41) is 9.25. The van der Waals surface area contributed by atoms with E-state index in [0.29, 0.717) is 11.2 Å². The molecule has 0 saturated heterocycles. The zero-order valence-corrected chi connectivity index (χ0v) is 10.5. The molecule has 84 valence electrons. The Bertz CT molecular complexity index is 314. The smallest absolute Gasteiger partial charge is 0.115 e. The van der Waals surface area contributed by atoms with Gasteiger partial charge in [-0.15, -0.1) is 0 Å². The van der Waals surface area contributed by atoms with Crippen molar-refractivity contribution in [3.8, 4) is 5.75 Å². The molecule has 0 atom stereocenters. The molecule has 1 nitrogen and oxygen atoms in total. The first-order chi connectivity index (χ1) is 6.71. The Kier molecular flexibility index (Phi) is 3.13. The molecule has 0 aliphatic heterocycles. The third kappa shape index (κ3) is 3.58. The molecular weight excluding hydrogens is 190 g/mol. The van der Waals surface area contributed by atoms with Gasteiger partial charge < -0.3 is 5.11 Å². The van der Waals surface area contributed by atoms with Crippen molar-refractivity contribution in [3.05, 3.63) is 29.8 Å². The van der Waals surface area contributed by atoms with Gasteiger partial charge in [0.05, 0.1) is 0 Å². The van der Waals surface area contributed by atoms with E-state index >= 15 is 0 Å². The van der Waals surface area contributed by atoms with Crippen molar-refractivity contribution in [1.29, 1.82) is 0 Å². The number of phenols is 1. The topological polar surface area (TPSA) is 20.2 Å². The molecule has 1 rings (SSSR count). The van der Waals surface area contributed by atoms with Crippen LogP contribution in [0.4, 0.5) is 0 Å². The van der Waals surface area contributed by atoms with Crippen molar-refractivity contribution >= 4 is 0 Å². The van der Waals surface area contributed by atoms with Crippen molar-refractivity contribution in [1.82, 2.24) is 0 Å². The summed E-state index contributed by atoms with van der Waals surface area (Å²) in [6.45, 7) is 11.3. The fraction of sp³-hybridized carbons (Fsp3) is 0.571. The van der Waals surface area contributed by atoms with Gasteiger partial charge in [-0.05, 0) is 34.9 Å². The highest BCUT2D eigenvalue weighted by Gasteiger charge is 2.26. The maximum Gasteiger partial charge on any atom is 0.115 e. The van der Waals surface area contributed by atoms with Crippen LogP contribution in [0.1, 0.15) is 46.6 Å². The zero-order valence-electron chi connectivity index (χ0n) is 10.5. The van der Waals surface area contributed by atoms with Gasteiger partial charge in [0, 0.05) is 0 Å². The highest BCUT2D eigenvalue weighted by Crippen LogP contribution is 2.36. The summed E-state index contributed by atoms with van der Waals surface area (Å²) in [5.74, 6) is 0.338. The van der Waals surface area contributed by atoms with Crippen LogP contribution < -0.4 is 0 Å². The van der Waals surface area contributed by atoms with Gasteiger partial charge in [-0.2, -0.15) is 0 Å². The minimum absolute atomic E-state index is 0.159. The number of rotatable bonds is 2. The van der Waals surface area contributed by atoms with Gasteiger partial charge in [0.15, 0.2) is 0 Å². The molecule has 0 radical (unpaired) electrons. The zero-order chi connectivity index (χ0) is 11.7. The van der Waals surface area contributed by atoms with Crippen molar-refractivity contribution < 1.29 is 5.11 Å². The number of benzene rings is 1. The van der Waals surface area contributed by atoms with Gasteiger partial charge in [-0.25, -0.2) is 0 Å². The molecule has 0 aromatic heterocycles. The Hall–Kier alpha value is -0.980. The van der Waals surface area contributed by atoms with E-state index in [1.165, 1.54) is 5.56 Å². The molecule has 1 heteroatoms. The molecule has 0 saturated carbocycles. The molecule has 0 unspecified atom stereocenters. The van der Waals surface area contributed by atoms with Crippen LogP contribution in [0, 0.1) is 5.41 Å². The van der Waals surface area contributed by atoms with Gasteiger partial charge in [-0.1, -0.05) is 46.8 Å². The summed E-state index contributed by atoms with van der Waals surface area (Å²) >= 11 is 0. The quantitative estimate of drug-likeness (QED) is 0.782. The Balaban J connectivity index is 2.90. The molecule has 15 heavy (non-hydrogen) atoms. The molecule has 0 amide bonds. The molecule has 1 aromatic rings. The van der Waals surface area contributed by atoms with Gasteiger partial charge >= 0.3 is 0 Å². The Morgan fingerprint density at radius 2 is 1.40 bits per heavy atom. The molecule has 0 aliphatic rings. The van der Waals surface area contributed by atoms with Gasteiger partial charge in [-0.3, -0.25) is 0 Å². The third-order valence-electron chi connectivity index (χ3n) is 2.62. The lowest BCUT2D eigenvalue weighted by Crippen LogP contribution is -2.24. The maximum atomic E-state index is 9.25. The lowest BCUT2D eigenvalue weighted by molar-refractivity contribution is 0.284. The maximum absolute atomic E-state index is 9.25. The highest BCUT2D eigenvalue weighted by molar-refractivity contribution is 5.30.